The highest BCUT2D eigenvalue weighted by atomic mass is 16.2. The van der Waals surface area contributed by atoms with Crippen molar-refractivity contribution in [1.82, 2.24) is 10.2 Å². The maximum absolute atomic E-state index is 12.6. The molecule has 178 valence electrons. The molecule has 2 aromatic carbocycles. The first-order valence-electron chi connectivity index (χ1n) is 12.4. The van der Waals surface area contributed by atoms with E-state index in [2.05, 4.69) is 41.5 Å². The third kappa shape index (κ3) is 7.52. The Balaban J connectivity index is 1.46. The van der Waals surface area contributed by atoms with Gasteiger partial charge in [-0.05, 0) is 61.2 Å². The lowest BCUT2D eigenvalue weighted by Gasteiger charge is -2.36. The Bertz CT molecular complexity index is 872. The van der Waals surface area contributed by atoms with Crippen molar-refractivity contribution in [1.29, 1.82) is 0 Å². The van der Waals surface area contributed by atoms with E-state index in [0.717, 1.165) is 50.3 Å². The van der Waals surface area contributed by atoms with E-state index < -0.39 is 0 Å². The van der Waals surface area contributed by atoms with Crippen molar-refractivity contribution in [2.45, 2.75) is 52.4 Å². The molecular formula is C27H38N4O2. The molecule has 1 saturated heterocycles. The van der Waals surface area contributed by atoms with E-state index in [1.54, 1.807) is 0 Å². The van der Waals surface area contributed by atoms with Gasteiger partial charge in [-0.1, -0.05) is 45.2 Å². The van der Waals surface area contributed by atoms with Crippen molar-refractivity contribution in [2.24, 2.45) is 0 Å². The second-order valence-electron chi connectivity index (χ2n) is 8.71. The Morgan fingerprint density at radius 3 is 2.12 bits per heavy atom. The SMILES string of the molecule is CCCCCc1ccc(C(=O)Nc2ccc(N3CCN(C(=O)NCCCC)CC3)cc2)cc1. The fourth-order valence-electron chi connectivity index (χ4n) is 4.01. The van der Waals surface area contributed by atoms with Crippen LogP contribution in [0.3, 0.4) is 0 Å². The van der Waals surface area contributed by atoms with Crippen molar-refractivity contribution >= 4 is 23.3 Å². The number of unbranched alkanes of at least 4 members (excludes halogenated alkanes) is 3. The molecule has 0 unspecified atom stereocenters. The number of hydrogen-bond acceptors (Lipinski definition) is 3. The fraction of sp³-hybridized carbons (Fsp3) is 0.481. The van der Waals surface area contributed by atoms with Gasteiger partial charge in [-0.2, -0.15) is 0 Å². The van der Waals surface area contributed by atoms with Crippen molar-refractivity contribution < 1.29 is 9.59 Å². The van der Waals surface area contributed by atoms with E-state index in [0.29, 0.717) is 18.7 Å². The number of carbonyl (C=O) groups excluding carboxylic acids is 2. The molecule has 2 aromatic rings. The molecule has 2 N–H and O–H groups in total. The molecule has 3 amide bonds. The summed E-state index contributed by atoms with van der Waals surface area (Å²) in [5.41, 5.74) is 3.84. The molecule has 0 aliphatic carbocycles. The summed E-state index contributed by atoms with van der Waals surface area (Å²) in [6.45, 7) is 8.10. The number of benzene rings is 2. The van der Waals surface area contributed by atoms with Gasteiger partial charge in [0.25, 0.3) is 5.91 Å². The van der Waals surface area contributed by atoms with E-state index in [4.69, 9.17) is 0 Å². The van der Waals surface area contributed by atoms with E-state index in [1.165, 1.54) is 24.8 Å². The lowest BCUT2D eigenvalue weighted by Crippen LogP contribution is -2.52. The molecule has 6 heteroatoms. The molecule has 33 heavy (non-hydrogen) atoms. The maximum Gasteiger partial charge on any atom is 0.317 e. The quantitative estimate of drug-likeness (QED) is 0.483. The largest absolute Gasteiger partial charge is 0.368 e. The summed E-state index contributed by atoms with van der Waals surface area (Å²) in [6, 6.07) is 15.9. The van der Waals surface area contributed by atoms with Gasteiger partial charge in [0, 0.05) is 49.7 Å². The van der Waals surface area contributed by atoms with Gasteiger partial charge in [0.05, 0.1) is 0 Å². The number of rotatable bonds is 10. The molecule has 1 aliphatic rings. The zero-order chi connectivity index (χ0) is 23.5. The Morgan fingerprint density at radius 2 is 1.48 bits per heavy atom. The van der Waals surface area contributed by atoms with Crippen LogP contribution in [0.1, 0.15) is 61.9 Å². The zero-order valence-corrected chi connectivity index (χ0v) is 20.1. The number of amides is 3. The third-order valence-corrected chi connectivity index (χ3v) is 6.15. The molecule has 3 rings (SSSR count). The number of piperazine rings is 1. The van der Waals surface area contributed by atoms with Gasteiger partial charge < -0.3 is 20.4 Å². The van der Waals surface area contributed by atoms with Crippen LogP contribution >= 0.6 is 0 Å². The molecular weight excluding hydrogens is 412 g/mol. The highest BCUT2D eigenvalue weighted by Gasteiger charge is 2.21. The van der Waals surface area contributed by atoms with Gasteiger partial charge in [-0.25, -0.2) is 4.79 Å². The molecule has 1 fully saturated rings. The summed E-state index contributed by atoms with van der Waals surface area (Å²) in [4.78, 5) is 29.0. The average Bonchev–Trinajstić information content (AvgIpc) is 2.85. The molecule has 0 spiro atoms. The summed E-state index contributed by atoms with van der Waals surface area (Å²) in [5.74, 6) is -0.0921. The van der Waals surface area contributed by atoms with Gasteiger partial charge in [-0.15, -0.1) is 0 Å². The number of urea groups is 1. The van der Waals surface area contributed by atoms with Crippen LogP contribution < -0.4 is 15.5 Å². The molecule has 1 heterocycles. The van der Waals surface area contributed by atoms with Crippen LogP contribution in [-0.2, 0) is 6.42 Å². The standard InChI is InChI=1S/C27H38N4O2/c1-3-5-7-8-22-9-11-23(12-10-22)26(32)29-24-13-15-25(16-14-24)30-18-20-31(21-19-30)27(33)28-17-6-4-2/h9-16H,3-8,17-21H2,1-2H3,(H,28,33)(H,29,32). The zero-order valence-electron chi connectivity index (χ0n) is 20.1. The number of nitrogens with zero attached hydrogens (tertiary/aromatic N) is 2. The topological polar surface area (TPSA) is 64.7 Å². The molecule has 0 aromatic heterocycles. The minimum Gasteiger partial charge on any atom is -0.368 e. The van der Waals surface area contributed by atoms with Gasteiger partial charge >= 0.3 is 6.03 Å². The molecule has 0 saturated carbocycles. The Hall–Kier alpha value is -3.02. The van der Waals surface area contributed by atoms with Gasteiger partial charge in [0.2, 0.25) is 0 Å². The number of hydrogen-bond donors (Lipinski definition) is 2. The second kappa shape index (κ2) is 12.9. The van der Waals surface area contributed by atoms with E-state index >= 15 is 0 Å². The number of carbonyl (C=O) groups is 2. The van der Waals surface area contributed by atoms with Gasteiger partial charge in [0.15, 0.2) is 0 Å². The van der Waals surface area contributed by atoms with Crippen molar-refractivity contribution in [3.63, 3.8) is 0 Å². The van der Waals surface area contributed by atoms with Crippen LogP contribution in [0, 0.1) is 0 Å². The summed E-state index contributed by atoms with van der Waals surface area (Å²) in [7, 11) is 0. The highest BCUT2D eigenvalue weighted by molar-refractivity contribution is 6.04. The predicted octanol–water partition coefficient (Wildman–Crippen LogP) is 5.30. The summed E-state index contributed by atoms with van der Waals surface area (Å²) < 4.78 is 0. The first-order valence-corrected chi connectivity index (χ1v) is 12.4. The van der Waals surface area contributed by atoms with Gasteiger partial charge in [0.1, 0.15) is 0 Å². The maximum atomic E-state index is 12.6. The van der Waals surface area contributed by atoms with Crippen molar-refractivity contribution in [3.8, 4) is 0 Å². The Labute approximate surface area is 198 Å². The van der Waals surface area contributed by atoms with Crippen molar-refractivity contribution in [2.75, 3.05) is 42.9 Å². The molecule has 0 bridgehead atoms. The number of nitrogens with one attached hydrogen (secondary N) is 2. The Kier molecular flexibility index (Phi) is 9.60. The second-order valence-corrected chi connectivity index (χ2v) is 8.71. The first kappa shape index (κ1) is 24.6. The van der Waals surface area contributed by atoms with Crippen LogP contribution in [0.15, 0.2) is 48.5 Å². The number of aryl methyl sites for hydroxylation is 1. The summed E-state index contributed by atoms with van der Waals surface area (Å²) in [6.07, 6.45) is 6.80. The van der Waals surface area contributed by atoms with E-state index in [9.17, 15) is 9.59 Å². The molecule has 1 aliphatic heterocycles. The van der Waals surface area contributed by atoms with Crippen LogP contribution in [0.2, 0.25) is 0 Å². The van der Waals surface area contributed by atoms with Crippen molar-refractivity contribution in [3.05, 3.63) is 59.7 Å². The molecule has 6 nitrogen and oxygen atoms in total. The average molecular weight is 451 g/mol. The predicted molar refractivity (Wildman–Crippen MR) is 136 cm³/mol. The monoisotopic (exact) mass is 450 g/mol. The first-order chi connectivity index (χ1) is 16.1. The Morgan fingerprint density at radius 1 is 0.818 bits per heavy atom. The minimum absolute atomic E-state index is 0.0372. The van der Waals surface area contributed by atoms with Gasteiger partial charge in [-0.3, -0.25) is 4.79 Å². The minimum atomic E-state index is -0.0921. The smallest absolute Gasteiger partial charge is 0.317 e. The molecule has 0 atom stereocenters. The fourth-order valence-corrected chi connectivity index (χ4v) is 4.01. The highest BCUT2D eigenvalue weighted by Crippen LogP contribution is 2.20. The van der Waals surface area contributed by atoms with Crippen LogP contribution in [0.4, 0.5) is 16.2 Å². The molecule has 0 radical (unpaired) electrons. The van der Waals surface area contributed by atoms with Crippen LogP contribution in [0.25, 0.3) is 0 Å². The lowest BCUT2D eigenvalue weighted by atomic mass is 10.1. The lowest BCUT2D eigenvalue weighted by molar-refractivity contribution is 0.102. The normalized spacial score (nSPS) is 13.6. The van der Waals surface area contributed by atoms with E-state index in [-0.39, 0.29) is 11.9 Å². The van der Waals surface area contributed by atoms with Crippen LogP contribution in [0.5, 0.6) is 0 Å². The summed E-state index contributed by atoms with van der Waals surface area (Å²) in [5, 5.41) is 5.98. The number of anilines is 2. The van der Waals surface area contributed by atoms with E-state index in [1.807, 2.05) is 41.3 Å². The van der Waals surface area contributed by atoms with Crippen LogP contribution in [-0.4, -0.2) is 49.6 Å². The summed E-state index contributed by atoms with van der Waals surface area (Å²) >= 11 is 0. The third-order valence-electron chi connectivity index (χ3n) is 6.15.